The summed E-state index contributed by atoms with van der Waals surface area (Å²) in [5, 5.41) is 8.60. The molecule has 1 fully saturated rings. The van der Waals surface area contributed by atoms with Crippen LogP contribution in [0.3, 0.4) is 0 Å². The predicted octanol–water partition coefficient (Wildman–Crippen LogP) is 7.76. The Balaban J connectivity index is 1.63. The summed E-state index contributed by atoms with van der Waals surface area (Å²) in [5.41, 5.74) is 7.06. The van der Waals surface area contributed by atoms with Crippen molar-refractivity contribution in [1.82, 2.24) is 15.0 Å². The number of unbranched alkanes of at least 4 members (excludes halogenated alkanes) is 3. The van der Waals surface area contributed by atoms with Crippen LogP contribution in [-0.2, 0) is 0 Å². The van der Waals surface area contributed by atoms with Crippen LogP contribution in [0.1, 0.15) is 75.5 Å². The lowest BCUT2D eigenvalue weighted by atomic mass is 9.66. The van der Waals surface area contributed by atoms with Crippen LogP contribution in [0.4, 0.5) is 0 Å². The minimum absolute atomic E-state index is 0.0561. The van der Waals surface area contributed by atoms with Crippen LogP contribution in [0.5, 0.6) is 0 Å². The van der Waals surface area contributed by atoms with Gasteiger partial charge in [0, 0.05) is 11.6 Å². The second kappa shape index (κ2) is 9.51. The smallest absolute Gasteiger partial charge is 0.0693 e. The van der Waals surface area contributed by atoms with E-state index in [9.17, 15) is 0 Å². The molecule has 0 amide bonds. The molecule has 33 heavy (non-hydrogen) atoms. The zero-order valence-corrected chi connectivity index (χ0v) is 19.8. The molecule has 2 aliphatic rings. The van der Waals surface area contributed by atoms with Crippen LogP contribution in [0.2, 0.25) is 0 Å². The Morgan fingerprint density at radius 2 is 1.79 bits per heavy atom. The Labute approximate surface area is 198 Å². The third-order valence-electron chi connectivity index (χ3n) is 8.03. The fourth-order valence-corrected chi connectivity index (χ4v) is 6.59. The lowest BCUT2D eigenvalue weighted by Crippen LogP contribution is -2.28. The second-order valence-corrected chi connectivity index (χ2v) is 9.77. The van der Waals surface area contributed by atoms with Gasteiger partial charge in [0.1, 0.15) is 0 Å². The van der Waals surface area contributed by atoms with E-state index in [4.69, 9.17) is 6.58 Å². The number of allylic oxidation sites excluding steroid dienone is 3. The monoisotopic (exact) mass is 437 g/mol. The van der Waals surface area contributed by atoms with Crippen molar-refractivity contribution in [1.29, 1.82) is 0 Å². The van der Waals surface area contributed by atoms with E-state index in [0.29, 0.717) is 12.0 Å². The van der Waals surface area contributed by atoms with Gasteiger partial charge in [0.05, 0.1) is 12.2 Å². The maximum atomic E-state index is 4.80. The zero-order valence-electron chi connectivity index (χ0n) is 19.8. The molecule has 0 bridgehead atoms. The molecule has 3 heteroatoms. The first-order valence-electron chi connectivity index (χ1n) is 12.6. The van der Waals surface area contributed by atoms with Gasteiger partial charge in [0.2, 0.25) is 0 Å². The molecule has 0 N–H and O–H groups in total. The Morgan fingerprint density at radius 3 is 2.48 bits per heavy atom. The molecule has 3 nitrogen and oxygen atoms in total. The second-order valence-electron chi connectivity index (χ2n) is 9.77. The van der Waals surface area contributed by atoms with Gasteiger partial charge in [0.25, 0.3) is 0 Å². The SMILES string of the molecule is C=C(c1ccccc1)[C@@]12CC[C@H](n3ccnn3)[C@@H]1CC(CCCCCC)=C2c1ccccc1. The number of hydrogen-bond donors (Lipinski definition) is 0. The standard InChI is InChI=1S/C30H35N3/c1-3-4-5-8-17-26-22-27-28(33-21-20-31-32-33)18-19-30(27,23(2)24-13-9-6-10-14-24)29(26)25-15-11-7-12-16-25/h6-7,9-16,20-21,27-28H,2-5,8,17-19,22H2,1H3/t27-,28-,30-/m0/s1. The predicted molar refractivity (Wildman–Crippen MR) is 136 cm³/mol. The van der Waals surface area contributed by atoms with E-state index in [0.717, 1.165) is 19.3 Å². The van der Waals surface area contributed by atoms with Crippen LogP contribution in [0.25, 0.3) is 11.1 Å². The molecule has 0 saturated heterocycles. The quantitative estimate of drug-likeness (QED) is 0.320. The van der Waals surface area contributed by atoms with Gasteiger partial charge in [-0.1, -0.05) is 104 Å². The van der Waals surface area contributed by atoms with Crippen molar-refractivity contribution >= 4 is 11.1 Å². The highest BCUT2D eigenvalue weighted by atomic mass is 15.4. The molecule has 170 valence electrons. The van der Waals surface area contributed by atoms with Crippen molar-refractivity contribution < 1.29 is 0 Å². The molecule has 2 aliphatic carbocycles. The van der Waals surface area contributed by atoms with Crippen LogP contribution in [-0.4, -0.2) is 15.0 Å². The average Bonchev–Trinajstić information content (AvgIpc) is 3.58. The highest BCUT2D eigenvalue weighted by molar-refractivity contribution is 5.90. The van der Waals surface area contributed by atoms with Crippen molar-refractivity contribution in [3.05, 3.63) is 96.3 Å². The molecule has 0 radical (unpaired) electrons. The summed E-state index contributed by atoms with van der Waals surface area (Å²) < 4.78 is 2.12. The van der Waals surface area contributed by atoms with E-state index in [1.54, 1.807) is 11.1 Å². The lowest BCUT2D eigenvalue weighted by molar-refractivity contribution is 0.296. The third kappa shape index (κ3) is 3.88. The topological polar surface area (TPSA) is 30.7 Å². The molecule has 3 aromatic rings. The minimum atomic E-state index is -0.0561. The minimum Gasteiger partial charge on any atom is -0.249 e. The van der Waals surface area contributed by atoms with Gasteiger partial charge in [-0.15, -0.1) is 5.10 Å². The van der Waals surface area contributed by atoms with Gasteiger partial charge in [-0.05, 0) is 60.3 Å². The van der Waals surface area contributed by atoms with E-state index >= 15 is 0 Å². The van der Waals surface area contributed by atoms with Gasteiger partial charge in [-0.2, -0.15) is 0 Å². The third-order valence-corrected chi connectivity index (χ3v) is 8.03. The van der Waals surface area contributed by atoms with E-state index in [2.05, 4.69) is 82.6 Å². The van der Waals surface area contributed by atoms with Crippen molar-refractivity contribution in [2.45, 2.75) is 64.3 Å². The molecule has 1 aromatic heterocycles. The maximum absolute atomic E-state index is 4.80. The van der Waals surface area contributed by atoms with Crippen molar-refractivity contribution in [3.8, 4) is 0 Å². The van der Waals surface area contributed by atoms with Crippen molar-refractivity contribution in [2.24, 2.45) is 11.3 Å². The molecule has 5 rings (SSSR count). The summed E-state index contributed by atoms with van der Waals surface area (Å²) in [6.45, 7) is 7.08. The Morgan fingerprint density at radius 1 is 1.03 bits per heavy atom. The molecular formula is C30H35N3. The van der Waals surface area contributed by atoms with Gasteiger partial charge >= 0.3 is 0 Å². The Bertz CT molecular complexity index is 1100. The summed E-state index contributed by atoms with van der Waals surface area (Å²) >= 11 is 0. The molecule has 0 aliphatic heterocycles. The van der Waals surface area contributed by atoms with Crippen molar-refractivity contribution in [2.75, 3.05) is 0 Å². The van der Waals surface area contributed by atoms with Gasteiger partial charge in [-0.3, -0.25) is 0 Å². The first-order chi connectivity index (χ1) is 16.3. The van der Waals surface area contributed by atoms with Gasteiger partial charge < -0.3 is 0 Å². The molecule has 0 unspecified atom stereocenters. The van der Waals surface area contributed by atoms with Crippen LogP contribution >= 0.6 is 0 Å². The number of benzene rings is 2. The molecule has 1 heterocycles. The van der Waals surface area contributed by atoms with Crippen LogP contribution in [0, 0.1) is 11.3 Å². The zero-order chi connectivity index (χ0) is 22.7. The van der Waals surface area contributed by atoms with E-state index in [1.165, 1.54) is 48.8 Å². The number of fused-ring (bicyclic) bond motifs is 1. The fraction of sp³-hybridized carbons (Fsp3) is 0.400. The summed E-state index contributed by atoms with van der Waals surface area (Å²) in [6.07, 6.45) is 13.6. The summed E-state index contributed by atoms with van der Waals surface area (Å²) in [5.74, 6) is 0.461. The highest BCUT2D eigenvalue weighted by Gasteiger charge is 2.57. The Kier molecular flexibility index (Phi) is 6.30. The van der Waals surface area contributed by atoms with E-state index in [-0.39, 0.29) is 5.41 Å². The Hall–Kier alpha value is -2.94. The van der Waals surface area contributed by atoms with Gasteiger partial charge in [0.15, 0.2) is 0 Å². The summed E-state index contributed by atoms with van der Waals surface area (Å²) in [7, 11) is 0. The number of hydrogen-bond acceptors (Lipinski definition) is 2. The summed E-state index contributed by atoms with van der Waals surface area (Å²) in [4.78, 5) is 0. The molecule has 3 atom stereocenters. The average molecular weight is 438 g/mol. The lowest BCUT2D eigenvalue weighted by Gasteiger charge is -2.37. The first kappa shape index (κ1) is 21.9. The number of aromatic nitrogens is 3. The largest absolute Gasteiger partial charge is 0.249 e. The molecule has 0 spiro atoms. The molecular weight excluding hydrogens is 402 g/mol. The van der Waals surface area contributed by atoms with Crippen molar-refractivity contribution in [3.63, 3.8) is 0 Å². The number of nitrogens with zero attached hydrogens (tertiary/aromatic N) is 3. The number of rotatable bonds is 9. The highest BCUT2D eigenvalue weighted by Crippen LogP contribution is 2.68. The van der Waals surface area contributed by atoms with Crippen LogP contribution in [0.15, 0.2) is 85.2 Å². The molecule has 1 saturated carbocycles. The fourth-order valence-electron chi connectivity index (χ4n) is 6.59. The van der Waals surface area contributed by atoms with Crippen LogP contribution < -0.4 is 0 Å². The first-order valence-corrected chi connectivity index (χ1v) is 12.6. The van der Waals surface area contributed by atoms with E-state index < -0.39 is 0 Å². The normalized spacial score (nSPS) is 24.3. The van der Waals surface area contributed by atoms with E-state index in [1.807, 2.05) is 12.4 Å². The maximum Gasteiger partial charge on any atom is 0.0693 e. The molecule has 2 aromatic carbocycles. The summed E-state index contributed by atoms with van der Waals surface area (Å²) in [6, 6.07) is 22.3. The van der Waals surface area contributed by atoms with Gasteiger partial charge in [-0.25, -0.2) is 4.68 Å².